The predicted molar refractivity (Wildman–Crippen MR) is 100 cm³/mol. The summed E-state index contributed by atoms with van der Waals surface area (Å²) in [7, 11) is 0. The van der Waals surface area contributed by atoms with Crippen LogP contribution in [-0.4, -0.2) is 34.2 Å². The van der Waals surface area contributed by atoms with Gasteiger partial charge in [0, 0.05) is 30.8 Å². The number of carbonyl (C=O) groups is 1. The third-order valence-electron chi connectivity index (χ3n) is 4.05. The molecule has 0 fully saturated rings. The lowest BCUT2D eigenvalue weighted by atomic mass is 10.1. The molecule has 7 heteroatoms. The first kappa shape index (κ1) is 18.6. The number of nitrogens with zero attached hydrogens (tertiary/aromatic N) is 3. The monoisotopic (exact) mass is 366 g/mol. The van der Waals surface area contributed by atoms with E-state index in [0.717, 1.165) is 22.4 Å². The third-order valence-corrected chi connectivity index (χ3v) is 4.05. The summed E-state index contributed by atoms with van der Waals surface area (Å²) >= 11 is 0. The van der Waals surface area contributed by atoms with Gasteiger partial charge in [-0.15, -0.1) is 0 Å². The topological polar surface area (TPSA) is 90.1 Å². The molecule has 1 amide bonds. The smallest absolute Gasteiger partial charge is 0.227 e. The molecule has 27 heavy (non-hydrogen) atoms. The fraction of sp³-hybridized carbons (Fsp3) is 0.300. The fourth-order valence-electron chi connectivity index (χ4n) is 2.65. The van der Waals surface area contributed by atoms with Crippen LogP contribution in [-0.2, 0) is 11.2 Å². The molecule has 0 aliphatic heterocycles. The molecule has 1 aromatic carbocycles. The molecule has 3 rings (SSSR count). The number of carbonyl (C=O) groups excluding carboxylic acids is 1. The lowest BCUT2D eigenvalue weighted by Crippen LogP contribution is -2.28. The molecule has 0 saturated heterocycles. The zero-order valence-electron chi connectivity index (χ0n) is 15.4. The van der Waals surface area contributed by atoms with Gasteiger partial charge < -0.3 is 14.6 Å². The maximum atomic E-state index is 12.0. The molecule has 7 nitrogen and oxygen atoms in total. The van der Waals surface area contributed by atoms with Gasteiger partial charge in [-0.25, -0.2) is 0 Å². The van der Waals surface area contributed by atoms with Gasteiger partial charge >= 0.3 is 0 Å². The molecule has 0 aliphatic carbocycles. The Hall–Kier alpha value is -3.22. The van der Waals surface area contributed by atoms with Gasteiger partial charge in [0.25, 0.3) is 0 Å². The standard InChI is InChI=1S/C20H22N4O3/c1-14-4-3-5-15(2)19(14)26-13-12-22-17(25)6-7-18-23-20(24-27-18)16-8-10-21-11-9-16/h3-5,8-11H,6-7,12-13H2,1-2H3,(H,22,25). The quantitative estimate of drug-likeness (QED) is 0.617. The van der Waals surface area contributed by atoms with Crippen molar-refractivity contribution < 1.29 is 14.1 Å². The summed E-state index contributed by atoms with van der Waals surface area (Å²) in [6, 6.07) is 9.61. The summed E-state index contributed by atoms with van der Waals surface area (Å²) in [5.74, 6) is 1.73. The molecular formula is C20H22N4O3. The number of hydrogen-bond donors (Lipinski definition) is 1. The van der Waals surface area contributed by atoms with Crippen molar-refractivity contribution in [2.24, 2.45) is 0 Å². The number of rotatable bonds is 8. The van der Waals surface area contributed by atoms with Gasteiger partial charge in [0.2, 0.25) is 17.6 Å². The summed E-state index contributed by atoms with van der Waals surface area (Å²) < 4.78 is 11.0. The van der Waals surface area contributed by atoms with E-state index in [1.165, 1.54) is 0 Å². The van der Waals surface area contributed by atoms with Gasteiger partial charge in [0.1, 0.15) is 12.4 Å². The van der Waals surface area contributed by atoms with Crippen LogP contribution >= 0.6 is 0 Å². The Labute approximate surface area is 157 Å². The van der Waals surface area contributed by atoms with Crippen LogP contribution in [0.2, 0.25) is 0 Å². The van der Waals surface area contributed by atoms with E-state index in [9.17, 15) is 4.79 Å². The lowest BCUT2D eigenvalue weighted by Gasteiger charge is -2.12. The van der Waals surface area contributed by atoms with Gasteiger partial charge in [-0.05, 0) is 37.1 Å². The van der Waals surface area contributed by atoms with Gasteiger partial charge in [-0.3, -0.25) is 9.78 Å². The van der Waals surface area contributed by atoms with Crippen molar-refractivity contribution in [1.29, 1.82) is 0 Å². The van der Waals surface area contributed by atoms with Crippen LogP contribution in [0, 0.1) is 13.8 Å². The minimum Gasteiger partial charge on any atom is -0.491 e. The lowest BCUT2D eigenvalue weighted by molar-refractivity contribution is -0.121. The number of hydrogen-bond acceptors (Lipinski definition) is 6. The first-order valence-corrected chi connectivity index (χ1v) is 8.82. The fourth-order valence-corrected chi connectivity index (χ4v) is 2.65. The number of ether oxygens (including phenoxy) is 1. The van der Waals surface area contributed by atoms with Gasteiger partial charge in [-0.2, -0.15) is 4.98 Å². The Balaban J connectivity index is 1.40. The van der Waals surface area contributed by atoms with E-state index in [4.69, 9.17) is 9.26 Å². The van der Waals surface area contributed by atoms with E-state index in [1.807, 2.05) is 32.0 Å². The third kappa shape index (κ3) is 5.13. The van der Waals surface area contributed by atoms with Crippen molar-refractivity contribution in [3.05, 3.63) is 59.7 Å². The second-order valence-corrected chi connectivity index (χ2v) is 6.17. The van der Waals surface area contributed by atoms with Crippen molar-refractivity contribution in [2.75, 3.05) is 13.2 Å². The molecule has 0 aliphatic rings. The van der Waals surface area contributed by atoms with Crippen LogP contribution < -0.4 is 10.1 Å². The van der Waals surface area contributed by atoms with Crippen molar-refractivity contribution in [1.82, 2.24) is 20.4 Å². The summed E-state index contributed by atoms with van der Waals surface area (Å²) in [5, 5.41) is 6.76. The van der Waals surface area contributed by atoms with Crippen LogP contribution in [0.5, 0.6) is 5.75 Å². The normalized spacial score (nSPS) is 10.6. The molecule has 2 heterocycles. The number of benzene rings is 1. The summed E-state index contributed by atoms with van der Waals surface area (Å²) in [6.45, 7) is 4.87. The molecule has 140 valence electrons. The summed E-state index contributed by atoms with van der Waals surface area (Å²) in [4.78, 5) is 20.2. The number of nitrogens with one attached hydrogen (secondary N) is 1. The molecule has 0 unspecified atom stereocenters. The van der Waals surface area contributed by atoms with Crippen molar-refractivity contribution in [2.45, 2.75) is 26.7 Å². The Morgan fingerprint density at radius 1 is 1.15 bits per heavy atom. The molecule has 3 aromatic rings. The molecule has 0 saturated carbocycles. The predicted octanol–water partition coefficient (Wildman–Crippen LogP) is 2.88. The Morgan fingerprint density at radius 2 is 1.89 bits per heavy atom. The molecule has 1 N–H and O–H groups in total. The second kappa shape index (κ2) is 8.93. The number of aromatic nitrogens is 3. The Bertz CT molecular complexity index is 873. The highest BCUT2D eigenvalue weighted by atomic mass is 16.5. The van der Waals surface area contributed by atoms with Gasteiger partial charge in [0.15, 0.2) is 0 Å². The molecule has 0 bridgehead atoms. The first-order valence-electron chi connectivity index (χ1n) is 8.82. The molecule has 0 spiro atoms. The van der Waals surface area contributed by atoms with Crippen LogP contribution in [0.15, 0.2) is 47.2 Å². The number of pyridine rings is 1. The maximum Gasteiger partial charge on any atom is 0.227 e. The van der Waals surface area contributed by atoms with Crippen molar-refractivity contribution >= 4 is 5.91 Å². The summed E-state index contributed by atoms with van der Waals surface area (Å²) in [6.07, 6.45) is 4.00. The molecular weight excluding hydrogens is 344 g/mol. The van der Waals surface area contributed by atoms with E-state index < -0.39 is 0 Å². The molecule has 0 radical (unpaired) electrons. The second-order valence-electron chi connectivity index (χ2n) is 6.17. The average molecular weight is 366 g/mol. The van der Waals surface area contributed by atoms with Gasteiger partial charge in [0.05, 0.1) is 6.54 Å². The van der Waals surface area contributed by atoms with Crippen LogP contribution in [0.4, 0.5) is 0 Å². The zero-order chi connectivity index (χ0) is 19.1. The van der Waals surface area contributed by atoms with Crippen molar-refractivity contribution in [3.63, 3.8) is 0 Å². The molecule has 0 atom stereocenters. The van der Waals surface area contributed by atoms with Gasteiger partial charge in [-0.1, -0.05) is 23.4 Å². The summed E-state index contributed by atoms with van der Waals surface area (Å²) in [5.41, 5.74) is 3.00. The maximum absolute atomic E-state index is 12.0. The number of para-hydroxylation sites is 1. The Morgan fingerprint density at radius 3 is 2.63 bits per heavy atom. The van der Waals surface area contributed by atoms with E-state index >= 15 is 0 Å². The van der Waals surface area contributed by atoms with Crippen LogP contribution in [0.1, 0.15) is 23.4 Å². The van der Waals surface area contributed by atoms with E-state index in [0.29, 0.717) is 31.3 Å². The van der Waals surface area contributed by atoms with Crippen LogP contribution in [0.25, 0.3) is 11.4 Å². The molecule has 2 aromatic heterocycles. The van der Waals surface area contributed by atoms with E-state index in [-0.39, 0.29) is 12.3 Å². The highest BCUT2D eigenvalue weighted by Gasteiger charge is 2.10. The highest BCUT2D eigenvalue weighted by molar-refractivity contribution is 5.76. The minimum atomic E-state index is -0.0798. The van der Waals surface area contributed by atoms with E-state index in [2.05, 4.69) is 20.4 Å². The Kier molecular flexibility index (Phi) is 6.14. The average Bonchev–Trinajstić information content (AvgIpc) is 3.15. The zero-order valence-corrected chi connectivity index (χ0v) is 15.4. The number of amides is 1. The largest absolute Gasteiger partial charge is 0.491 e. The van der Waals surface area contributed by atoms with Crippen LogP contribution in [0.3, 0.4) is 0 Å². The first-order chi connectivity index (χ1) is 13.1. The van der Waals surface area contributed by atoms with Crippen molar-refractivity contribution in [3.8, 4) is 17.1 Å². The SMILES string of the molecule is Cc1cccc(C)c1OCCNC(=O)CCc1nc(-c2ccncc2)no1. The highest BCUT2D eigenvalue weighted by Crippen LogP contribution is 2.21. The minimum absolute atomic E-state index is 0.0798. The van der Waals surface area contributed by atoms with E-state index in [1.54, 1.807) is 24.5 Å². The number of aryl methyl sites for hydroxylation is 3.